The van der Waals surface area contributed by atoms with Crippen LogP contribution >= 0.6 is 0 Å². The maximum atomic E-state index is 11.7. The van der Waals surface area contributed by atoms with E-state index >= 15 is 0 Å². The summed E-state index contributed by atoms with van der Waals surface area (Å²) in [5.74, 6) is 2.02. The molecular weight excluding hydrogens is 680 g/mol. The SMILES string of the molecule is C=C(C)C(=O)OC12CC3CC(CC(C3)C1)C2.C=C(C)C(=O)OC12CC3CC(CC(O)(C3)C1)C2.C=C(C)C(=O)OCC(=O)OC1C2CC3C(=O)OC1C3C2. The van der Waals surface area contributed by atoms with Crippen molar-refractivity contribution >= 4 is 29.8 Å². The number of ether oxygens (including phenoxy) is 5. The molecule has 11 fully saturated rings. The predicted octanol–water partition coefficient (Wildman–Crippen LogP) is 5.86. The van der Waals surface area contributed by atoms with Crippen molar-refractivity contribution in [2.24, 2.45) is 47.3 Å². The summed E-state index contributed by atoms with van der Waals surface area (Å²) in [4.78, 5) is 57.9. The second kappa shape index (κ2) is 14.0. The van der Waals surface area contributed by atoms with Gasteiger partial charge in [-0.05, 0) is 134 Å². The van der Waals surface area contributed by atoms with E-state index in [0.29, 0.717) is 29.4 Å². The molecule has 11 rings (SSSR count). The zero-order valence-electron chi connectivity index (χ0n) is 31.5. The van der Waals surface area contributed by atoms with Gasteiger partial charge in [0.25, 0.3) is 0 Å². The molecular formula is C42H56O11. The van der Waals surface area contributed by atoms with Gasteiger partial charge in [0.2, 0.25) is 0 Å². The zero-order chi connectivity index (χ0) is 38.0. The number of fused-ring (bicyclic) bond motifs is 1. The first-order chi connectivity index (χ1) is 24.9. The van der Waals surface area contributed by atoms with Crippen LogP contribution in [0.25, 0.3) is 0 Å². The lowest BCUT2D eigenvalue weighted by atomic mass is 9.52. The number of aliphatic hydroxyl groups is 1. The molecule has 7 unspecified atom stereocenters. The van der Waals surface area contributed by atoms with Crippen LogP contribution in [0, 0.1) is 47.3 Å². The Balaban J connectivity index is 0.000000124. The van der Waals surface area contributed by atoms with E-state index in [0.717, 1.165) is 75.5 Å². The van der Waals surface area contributed by atoms with Crippen LogP contribution in [0.1, 0.15) is 111 Å². The van der Waals surface area contributed by atoms with Gasteiger partial charge in [0.15, 0.2) is 6.61 Å². The van der Waals surface area contributed by atoms with Gasteiger partial charge in [-0.2, -0.15) is 0 Å². The minimum atomic E-state index is -0.623. The molecule has 11 nitrogen and oxygen atoms in total. The van der Waals surface area contributed by atoms with Crippen LogP contribution in [0.4, 0.5) is 0 Å². The molecule has 10 aliphatic carbocycles. The molecule has 0 aromatic rings. The van der Waals surface area contributed by atoms with Gasteiger partial charge < -0.3 is 28.8 Å². The van der Waals surface area contributed by atoms with Gasteiger partial charge in [-0.1, -0.05) is 19.7 Å². The molecule has 0 aromatic carbocycles. The van der Waals surface area contributed by atoms with Crippen LogP contribution in [-0.2, 0) is 47.7 Å². The third-order valence-corrected chi connectivity index (χ3v) is 13.6. The molecule has 290 valence electrons. The van der Waals surface area contributed by atoms with Crippen molar-refractivity contribution in [3.8, 4) is 0 Å². The van der Waals surface area contributed by atoms with Gasteiger partial charge >= 0.3 is 29.8 Å². The number of esters is 5. The summed E-state index contributed by atoms with van der Waals surface area (Å²) in [5.41, 5.74) is 0.146. The Morgan fingerprint density at radius 2 is 1.19 bits per heavy atom. The van der Waals surface area contributed by atoms with Gasteiger partial charge in [-0.3, -0.25) is 4.79 Å². The van der Waals surface area contributed by atoms with E-state index in [-0.39, 0.29) is 52.9 Å². The zero-order valence-corrected chi connectivity index (χ0v) is 31.5. The first-order valence-corrected chi connectivity index (χ1v) is 19.7. The highest BCUT2D eigenvalue weighted by molar-refractivity contribution is 5.89. The van der Waals surface area contributed by atoms with Gasteiger partial charge in [-0.15, -0.1) is 0 Å². The van der Waals surface area contributed by atoms with Gasteiger partial charge in [-0.25, -0.2) is 19.2 Å². The maximum absolute atomic E-state index is 11.7. The second-order valence-corrected chi connectivity index (χ2v) is 18.5. The summed E-state index contributed by atoms with van der Waals surface area (Å²) in [7, 11) is 0. The Hall–Kier alpha value is -3.47. The summed E-state index contributed by atoms with van der Waals surface area (Å²) in [6.45, 7) is 15.2. The fraction of sp³-hybridized carbons (Fsp3) is 0.738. The van der Waals surface area contributed by atoms with Crippen molar-refractivity contribution in [1.82, 2.24) is 0 Å². The summed E-state index contributed by atoms with van der Waals surface area (Å²) < 4.78 is 26.8. The minimum absolute atomic E-state index is 0.0128. The molecule has 10 bridgehead atoms. The van der Waals surface area contributed by atoms with E-state index in [9.17, 15) is 29.1 Å². The number of hydrogen-bond donors (Lipinski definition) is 1. The predicted molar refractivity (Wildman–Crippen MR) is 190 cm³/mol. The van der Waals surface area contributed by atoms with Crippen LogP contribution in [0.5, 0.6) is 0 Å². The summed E-state index contributed by atoms with van der Waals surface area (Å²) in [6.07, 6.45) is 13.9. The van der Waals surface area contributed by atoms with E-state index < -0.39 is 35.9 Å². The Kier molecular flexibility index (Phi) is 9.98. The van der Waals surface area contributed by atoms with Crippen LogP contribution in [0.3, 0.4) is 0 Å². The molecule has 11 heteroatoms. The standard InChI is InChI=1S/C14H16O6.C14H20O3.C14H20O2/c1-6(2)13(16)18-5-10(15)19-11-7-3-8-9(4-7)14(17)20-12(8)11;1-9(2)12(15)17-14-6-10-3-11(7-14)5-13(16,4-10)8-14;1-9(2)13(15)16-14-6-10-3-11(7-14)5-12(4-10)8-14/h7-9,11-12H,1,3-5H2,2H3;10-11,16H,1,3-8H2,2H3;10-12H,1,3-8H2,2H3. The van der Waals surface area contributed by atoms with E-state index in [1.54, 1.807) is 13.8 Å². The van der Waals surface area contributed by atoms with Crippen LogP contribution in [0.2, 0.25) is 0 Å². The second-order valence-electron chi connectivity index (χ2n) is 18.5. The molecule has 0 amide bonds. The van der Waals surface area contributed by atoms with Crippen molar-refractivity contribution in [3.63, 3.8) is 0 Å². The van der Waals surface area contributed by atoms with Crippen LogP contribution in [-0.4, -0.2) is 70.6 Å². The molecule has 7 atom stereocenters. The summed E-state index contributed by atoms with van der Waals surface area (Å²) >= 11 is 0. The average Bonchev–Trinajstić information content (AvgIpc) is 3.67. The fourth-order valence-corrected chi connectivity index (χ4v) is 12.5. The van der Waals surface area contributed by atoms with Crippen molar-refractivity contribution in [1.29, 1.82) is 0 Å². The van der Waals surface area contributed by atoms with E-state index in [4.69, 9.17) is 23.7 Å². The van der Waals surface area contributed by atoms with Gasteiger partial charge in [0.1, 0.15) is 23.4 Å². The average molecular weight is 737 g/mol. The third-order valence-electron chi connectivity index (χ3n) is 13.6. The summed E-state index contributed by atoms with van der Waals surface area (Å²) in [6, 6.07) is 0. The topological polar surface area (TPSA) is 152 Å². The monoisotopic (exact) mass is 736 g/mol. The molecule has 1 saturated heterocycles. The lowest BCUT2D eigenvalue weighted by molar-refractivity contribution is -0.217. The molecule has 1 aliphatic heterocycles. The normalized spacial score (nSPS) is 42.3. The Labute approximate surface area is 312 Å². The lowest BCUT2D eigenvalue weighted by Crippen LogP contribution is -2.60. The summed E-state index contributed by atoms with van der Waals surface area (Å²) in [5, 5.41) is 10.5. The quantitative estimate of drug-likeness (QED) is 0.181. The number of rotatable bonds is 8. The molecule has 1 heterocycles. The molecule has 11 aliphatic rings. The Bertz CT molecular complexity index is 1540. The smallest absolute Gasteiger partial charge is 0.344 e. The van der Waals surface area contributed by atoms with Crippen molar-refractivity contribution in [2.75, 3.05) is 6.61 Å². The first-order valence-electron chi connectivity index (χ1n) is 19.7. The van der Waals surface area contributed by atoms with Crippen molar-refractivity contribution < 1.29 is 52.8 Å². The number of carbonyl (C=O) groups excluding carboxylic acids is 5. The van der Waals surface area contributed by atoms with Crippen molar-refractivity contribution in [2.45, 2.75) is 140 Å². The Morgan fingerprint density at radius 3 is 1.70 bits per heavy atom. The lowest BCUT2D eigenvalue weighted by Gasteiger charge is -2.59. The maximum Gasteiger partial charge on any atom is 0.344 e. The molecule has 0 radical (unpaired) electrons. The Morgan fingerprint density at radius 1 is 0.698 bits per heavy atom. The minimum Gasteiger partial charge on any atom is -0.458 e. The van der Waals surface area contributed by atoms with E-state index in [2.05, 4.69) is 19.7 Å². The first kappa shape index (κ1) is 37.8. The molecule has 10 saturated carbocycles. The van der Waals surface area contributed by atoms with Crippen LogP contribution < -0.4 is 0 Å². The van der Waals surface area contributed by atoms with Crippen LogP contribution in [0.15, 0.2) is 36.5 Å². The molecule has 0 spiro atoms. The van der Waals surface area contributed by atoms with Crippen molar-refractivity contribution in [3.05, 3.63) is 36.5 Å². The fourth-order valence-electron chi connectivity index (χ4n) is 12.5. The third kappa shape index (κ3) is 7.74. The molecule has 0 aromatic heterocycles. The molecule has 1 N–H and O–H groups in total. The molecule has 53 heavy (non-hydrogen) atoms. The highest BCUT2D eigenvalue weighted by atomic mass is 16.6. The highest BCUT2D eigenvalue weighted by Crippen LogP contribution is 2.60. The highest BCUT2D eigenvalue weighted by Gasteiger charge is 2.63. The van der Waals surface area contributed by atoms with Gasteiger partial charge in [0, 0.05) is 35.0 Å². The number of hydrogen-bond acceptors (Lipinski definition) is 11. The van der Waals surface area contributed by atoms with E-state index in [1.807, 2.05) is 0 Å². The largest absolute Gasteiger partial charge is 0.458 e. The van der Waals surface area contributed by atoms with E-state index in [1.165, 1.54) is 32.6 Å². The number of carbonyl (C=O) groups is 5. The van der Waals surface area contributed by atoms with Gasteiger partial charge in [0.05, 0.1) is 11.5 Å².